The Morgan fingerprint density at radius 3 is 2.63 bits per heavy atom. The molecular formula is C21H31FO4S. The normalized spacial score (nSPS) is 16.6. The van der Waals surface area contributed by atoms with E-state index < -0.39 is 15.7 Å². The molecule has 0 aliphatic heterocycles. The van der Waals surface area contributed by atoms with Gasteiger partial charge in [-0.15, -0.1) is 0 Å². The van der Waals surface area contributed by atoms with Gasteiger partial charge in [0.05, 0.1) is 25.6 Å². The van der Waals surface area contributed by atoms with Gasteiger partial charge in [0.15, 0.2) is 21.4 Å². The van der Waals surface area contributed by atoms with Crippen LogP contribution in [0, 0.1) is 17.2 Å². The van der Waals surface area contributed by atoms with Crippen LogP contribution in [0.4, 0.5) is 4.39 Å². The lowest BCUT2D eigenvalue weighted by Crippen LogP contribution is -2.14. The third-order valence-electron chi connectivity index (χ3n) is 4.23. The van der Waals surface area contributed by atoms with Crippen LogP contribution in [0.5, 0.6) is 5.75 Å². The molecular weight excluding hydrogens is 367 g/mol. The minimum Gasteiger partial charge on any atom is -0.490 e. The molecule has 0 unspecified atom stereocenters. The van der Waals surface area contributed by atoms with E-state index in [1.165, 1.54) is 17.6 Å². The molecule has 0 saturated heterocycles. The van der Waals surface area contributed by atoms with E-state index in [9.17, 15) is 12.8 Å². The van der Waals surface area contributed by atoms with Gasteiger partial charge in [-0.1, -0.05) is 33.8 Å². The molecule has 0 N–H and O–H groups in total. The van der Waals surface area contributed by atoms with Gasteiger partial charge in [-0.25, -0.2) is 12.8 Å². The standard InChI is InChI=1S/C21H31FO4S/c1-16(14-27(23,24)11-5-10-25-15-21(2,3)4)18-8-9-19(22)20(12-18)26-13-17-6-7-17/h5,8-9,11-12,16-17H,6-7,10,13-15H2,1-4H3/b11-5+/t16-/m0/s1. The van der Waals surface area contributed by atoms with E-state index in [1.807, 2.05) is 6.92 Å². The van der Waals surface area contributed by atoms with Crippen molar-refractivity contribution in [3.8, 4) is 5.75 Å². The molecule has 0 aromatic heterocycles. The Bertz CT molecular complexity index is 746. The Hall–Kier alpha value is -1.40. The molecule has 0 bridgehead atoms. The smallest absolute Gasteiger partial charge is 0.171 e. The molecule has 4 nitrogen and oxygen atoms in total. The Morgan fingerprint density at radius 1 is 1.30 bits per heavy atom. The zero-order chi connectivity index (χ0) is 20.1. The summed E-state index contributed by atoms with van der Waals surface area (Å²) < 4.78 is 49.5. The summed E-state index contributed by atoms with van der Waals surface area (Å²) in [7, 11) is -3.38. The summed E-state index contributed by atoms with van der Waals surface area (Å²) in [6.07, 6.45) is 3.78. The highest BCUT2D eigenvalue weighted by atomic mass is 32.2. The molecule has 0 heterocycles. The fourth-order valence-electron chi connectivity index (χ4n) is 2.55. The summed E-state index contributed by atoms with van der Waals surface area (Å²) >= 11 is 0. The molecule has 0 amide bonds. The van der Waals surface area contributed by atoms with Crippen LogP contribution in [0.25, 0.3) is 0 Å². The van der Waals surface area contributed by atoms with Crippen LogP contribution in [-0.4, -0.2) is 34.0 Å². The maximum atomic E-state index is 13.9. The number of hydrogen-bond donors (Lipinski definition) is 0. The molecule has 2 rings (SSSR count). The van der Waals surface area contributed by atoms with Crippen molar-refractivity contribution in [3.63, 3.8) is 0 Å². The molecule has 1 atom stereocenters. The van der Waals surface area contributed by atoms with Gasteiger partial charge in [0, 0.05) is 5.41 Å². The number of rotatable bonds is 10. The zero-order valence-electron chi connectivity index (χ0n) is 16.7. The van der Waals surface area contributed by atoms with Crippen molar-refractivity contribution in [1.29, 1.82) is 0 Å². The SMILES string of the molecule is C[C@@H](CS(=O)(=O)/C=C/COCC(C)(C)C)c1ccc(F)c(OCC2CC2)c1. The molecule has 1 saturated carbocycles. The largest absolute Gasteiger partial charge is 0.490 e. The maximum Gasteiger partial charge on any atom is 0.171 e. The van der Waals surface area contributed by atoms with E-state index in [2.05, 4.69) is 20.8 Å². The van der Waals surface area contributed by atoms with Crippen molar-refractivity contribution in [2.45, 2.75) is 46.5 Å². The topological polar surface area (TPSA) is 52.6 Å². The summed E-state index contributed by atoms with van der Waals surface area (Å²) in [5.74, 6) is 0.00634. The van der Waals surface area contributed by atoms with Crippen LogP contribution in [0.2, 0.25) is 0 Å². The Balaban J connectivity index is 1.90. The molecule has 1 aromatic rings. The first-order valence-electron chi connectivity index (χ1n) is 9.45. The lowest BCUT2D eigenvalue weighted by Gasteiger charge is -2.17. The van der Waals surface area contributed by atoms with E-state index in [-0.39, 0.29) is 29.4 Å². The average molecular weight is 399 g/mol. The predicted octanol–water partition coefficient (Wildman–Crippen LogP) is 4.71. The monoisotopic (exact) mass is 398 g/mol. The lowest BCUT2D eigenvalue weighted by atomic mass is 9.99. The second-order valence-electron chi connectivity index (χ2n) is 8.62. The molecule has 6 heteroatoms. The van der Waals surface area contributed by atoms with Crippen molar-refractivity contribution >= 4 is 9.84 Å². The molecule has 1 aromatic carbocycles. The van der Waals surface area contributed by atoms with Crippen LogP contribution < -0.4 is 4.74 Å². The van der Waals surface area contributed by atoms with Gasteiger partial charge < -0.3 is 9.47 Å². The minimum atomic E-state index is -3.38. The highest BCUT2D eigenvalue weighted by Crippen LogP contribution is 2.31. The summed E-state index contributed by atoms with van der Waals surface area (Å²) in [5.41, 5.74) is 0.798. The summed E-state index contributed by atoms with van der Waals surface area (Å²) in [4.78, 5) is 0. The summed E-state index contributed by atoms with van der Waals surface area (Å²) in [5, 5.41) is 1.21. The molecule has 152 valence electrons. The summed E-state index contributed by atoms with van der Waals surface area (Å²) in [6, 6.07) is 4.58. The first-order valence-corrected chi connectivity index (χ1v) is 11.2. The number of ether oxygens (including phenoxy) is 2. The van der Waals surface area contributed by atoms with E-state index in [0.717, 1.165) is 18.4 Å². The van der Waals surface area contributed by atoms with Crippen LogP contribution >= 0.6 is 0 Å². The third kappa shape index (κ3) is 8.43. The predicted molar refractivity (Wildman–Crippen MR) is 106 cm³/mol. The van der Waals surface area contributed by atoms with E-state index in [4.69, 9.17) is 9.47 Å². The van der Waals surface area contributed by atoms with E-state index >= 15 is 0 Å². The number of sulfone groups is 1. The molecule has 0 spiro atoms. The van der Waals surface area contributed by atoms with Gasteiger partial charge in [0.25, 0.3) is 0 Å². The lowest BCUT2D eigenvalue weighted by molar-refractivity contribution is 0.0910. The first kappa shape index (κ1) is 21.9. The van der Waals surface area contributed by atoms with Crippen molar-refractivity contribution in [1.82, 2.24) is 0 Å². The van der Waals surface area contributed by atoms with Gasteiger partial charge >= 0.3 is 0 Å². The summed E-state index contributed by atoms with van der Waals surface area (Å²) in [6.45, 7) is 9.33. The first-order chi connectivity index (χ1) is 12.6. The average Bonchev–Trinajstić information content (AvgIpc) is 3.36. The fourth-order valence-corrected chi connectivity index (χ4v) is 3.92. The number of hydrogen-bond acceptors (Lipinski definition) is 4. The Morgan fingerprint density at radius 2 is 2.00 bits per heavy atom. The van der Waals surface area contributed by atoms with Crippen LogP contribution in [0.15, 0.2) is 29.7 Å². The molecule has 0 radical (unpaired) electrons. The molecule has 1 fully saturated rings. The second-order valence-corrected chi connectivity index (χ2v) is 10.6. The zero-order valence-corrected chi connectivity index (χ0v) is 17.5. The molecule has 1 aliphatic carbocycles. The van der Waals surface area contributed by atoms with Gasteiger partial charge in [0.2, 0.25) is 0 Å². The van der Waals surface area contributed by atoms with Crippen LogP contribution in [0.3, 0.4) is 0 Å². The maximum absolute atomic E-state index is 13.9. The van der Waals surface area contributed by atoms with E-state index in [1.54, 1.807) is 12.1 Å². The van der Waals surface area contributed by atoms with Crippen molar-refractivity contribution < 1.29 is 22.3 Å². The molecule has 27 heavy (non-hydrogen) atoms. The van der Waals surface area contributed by atoms with E-state index in [0.29, 0.717) is 19.1 Å². The van der Waals surface area contributed by atoms with Crippen molar-refractivity contribution in [3.05, 3.63) is 41.1 Å². The minimum absolute atomic E-state index is 0.0447. The van der Waals surface area contributed by atoms with Crippen molar-refractivity contribution in [2.24, 2.45) is 11.3 Å². The van der Waals surface area contributed by atoms with Gasteiger partial charge in [-0.3, -0.25) is 0 Å². The third-order valence-corrected chi connectivity index (χ3v) is 5.80. The number of halogens is 1. The van der Waals surface area contributed by atoms with Gasteiger partial charge in [-0.05, 0) is 53.9 Å². The van der Waals surface area contributed by atoms with Gasteiger partial charge in [-0.2, -0.15) is 0 Å². The van der Waals surface area contributed by atoms with Crippen LogP contribution in [-0.2, 0) is 14.6 Å². The quantitative estimate of drug-likeness (QED) is 0.536. The van der Waals surface area contributed by atoms with Crippen LogP contribution in [0.1, 0.15) is 52.0 Å². The highest BCUT2D eigenvalue weighted by Gasteiger charge is 2.23. The fraction of sp³-hybridized carbons (Fsp3) is 0.619. The Labute approximate surface area is 162 Å². The van der Waals surface area contributed by atoms with Crippen molar-refractivity contribution in [2.75, 3.05) is 25.6 Å². The number of benzene rings is 1. The second kappa shape index (κ2) is 9.20. The molecule has 1 aliphatic rings. The highest BCUT2D eigenvalue weighted by molar-refractivity contribution is 7.94. The van der Waals surface area contributed by atoms with Gasteiger partial charge in [0.1, 0.15) is 0 Å². The Kier molecular flexibility index (Phi) is 7.46.